The topological polar surface area (TPSA) is 31.4 Å². The van der Waals surface area contributed by atoms with Crippen LogP contribution in [0.2, 0.25) is 0 Å². The molecule has 1 aliphatic heterocycles. The van der Waals surface area contributed by atoms with Crippen molar-refractivity contribution in [3.8, 4) is 0 Å². The number of benzene rings is 1. The van der Waals surface area contributed by atoms with Crippen molar-refractivity contribution in [2.75, 3.05) is 36.4 Å². The molecule has 114 valence electrons. The maximum absolute atomic E-state index is 5.53. The first kappa shape index (κ1) is 15.2. The van der Waals surface area contributed by atoms with E-state index >= 15 is 0 Å². The van der Waals surface area contributed by atoms with Crippen LogP contribution in [0.15, 0.2) is 53.3 Å². The number of nitrogens with zero attached hydrogens (tertiary/aromatic N) is 3. The molecule has 1 N–H and O–H groups in total. The van der Waals surface area contributed by atoms with Crippen molar-refractivity contribution in [3.05, 3.63) is 53.3 Å². The number of pyridine rings is 1. The van der Waals surface area contributed by atoms with Crippen LogP contribution in [0.5, 0.6) is 0 Å². The van der Waals surface area contributed by atoms with Gasteiger partial charge in [-0.25, -0.2) is 0 Å². The monoisotopic (exact) mass is 376 g/mol. The highest BCUT2D eigenvalue weighted by Gasteiger charge is 2.19. The minimum atomic E-state index is 0.785. The van der Waals surface area contributed by atoms with Crippen molar-refractivity contribution in [1.29, 1.82) is 0 Å². The van der Waals surface area contributed by atoms with Crippen molar-refractivity contribution in [2.45, 2.75) is 0 Å². The lowest BCUT2D eigenvalue weighted by atomic mass is 10.2. The Labute approximate surface area is 144 Å². The van der Waals surface area contributed by atoms with Crippen LogP contribution in [0.25, 0.3) is 0 Å². The number of piperazine rings is 1. The van der Waals surface area contributed by atoms with Crippen LogP contribution >= 0.6 is 28.1 Å². The van der Waals surface area contributed by atoms with Crippen LogP contribution in [-0.4, -0.2) is 41.2 Å². The molecule has 2 aromatic rings. The number of hydrogen-bond donors (Lipinski definition) is 1. The summed E-state index contributed by atoms with van der Waals surface area (Å²) in [6, 6.07) is 12.1. The molecule has 3 rings (SSSR count). The van der Waals surface area contributed by atoms with Gasteiger partial charge in [0.25, 0.3) is 0 Å². The molecular formula is C16H17BrN4S. The maximum Gasteiger partial charge on any atom is 0.173 e. The predicted octanol–water partition coefficient (Wildman–Crippen LogP) is 3.36. The summed E-state index contributed by atoms with van der Waals surface area (Å²) in [4.78, 5) is 8.64. The van der Waals surface area contributed by atoms with E-state index in [1.165, 1.54) is 5.69 Å². The molecule has 4 nitrogen and oxygen atoms in total. The highest BCUT2D eigenvalue weighted by atomic mass is 79.9. The fourth-order valence-electron chi connectivity index (χ4n) is 2.49. The third-order valence-corrected chi connectivity index (χ3v) is 4.52. The Bertz CT molecular complexity index is 642. The molecule has 1 fully saturated rings. The Balaban J connectivity index is 1.56. The van der Waals surface area contributed by atoms with Crippen molar-refractivity contribution >= 4 is 44.6 Å². The average molecular weight is 377 g/mol. The second-order valence-corrected chi connectivity index (χ2v) is 6.42. The van der Waals surface area contributed by atoms with Gasteiger partial charge in [-0.15, -0.1) is 0 Å². The van der Waals surface area contributed by atoms with Gasteiger partial charge < -0.3 is 15.1 Å². The molecule has 1 aromatic heterocycles. The van der Waals surface area contributed by atoms with Gasteiger partial charge in [-0.2, -0.15) is 0 Å². The van der Waals surface area contributed by atoms with Crippen molar-refractivity contribution in [3.63, 3.8) is 0 Å². The highest BCUT2D eigenvalue weighted by molar-refractivity contribution is 9.10. The molecule has 0 radical (unpaired) electrons. The number of thiocarbonyl (C=S) groups is 1. The molecule has 0 aliphatic carbocycles. The van der Waals surface area contributed by atoms with E-state index in [0.717, 1.165) is 41.5 Å². The SMILES string of the molecule is S=C(Nc1cccc(Br)c1)N1CCN(c2ccncc2)CC1. The van der Waals surface area contributed by atoms with Crippen molar-refractivity contribution < 1.29 is 0 Å². The molecule has 6 heteroatoms. The molecule has 0 saturated carbocycles. The van der Waals surface area contributed by atoms with Crippen molar-refractivity contribution in [2.24, 2.45) is 0 Å². The summed E-state index contributed by atoms with van der Waals surface area (Å²) in [6.07, 6.45) is 3.67. The van der Waals surface area contributed by atoms with Gasteiger partial charge in [0.05, 0.1) is 0 Å². The number of halogens is 1. The summed E-state index contributed by atoms with van der Waals surface area (Å²) in [5.74, 6) is 0. The predicted molar refractivity (Wildman–Crippen MR) is 98.4 cm³/mol. The standard InChI is InChI=1S/C16H17BrN4S/c17-13-2-1-3-14(12-13)19-16(22)21-10-8-20(9-11-21)15-4-6-18-7-5-15/h1-7,12H,8-11H2,(H,19,22). The molecule has 0 atom stereocenters. The lowest BCUT2D eigenvalue weighted by Gasteiger charge is -2.37. The van der Waals surface area contributed by atoms with E-state index in [0.29, 0.717) is 0 Å². The van der Waals surface area contributed by atoms with E-state index in [4.69, 9.17) is 12.2 Å². The summed E-state index contributed by atoms with van der Waals surface area (Å²) in [5.41, 5.74) is 2.23. The normalized spacial score (nSPS) is 14.8. The Morgan fingerprint density at radius 2 is 1.82 bits per heavy atom. The van der Waals surface area contributed by atoms with Gasteiger partial charge in [0, 0.05) is 54.4 Å². The zero-order valence-corrected chi connectivity index (χ0v) is 14.5. The summed E-state index contributed by atoms with van der Waals surface area (Å²) in [6.45, 7) is 3.76. The van der Waals surface area contributed by atoms with E-state index in [1.54, 1.807) is 0 Å². The first-order chi connectivity index (χ1) is 10.7. The molecule has 22 heavy (non-hydrogen) atoms. The minimum absolute atomic E-state index is 0.785. The molecule has 0 amide bonds. The summed E-state index contributed by atoms with van der Waals surface area (Å²) in [5, 5.41) is 4.09. The highest BCUT2D eigenvalue weighted by Crippen LogP contribution is 2.18. The van der Waals surface area contributed by atoms with Gasteiger partial charge >= 0.3 is 0 Å². The fraction of sp³-hybridized carbons (Fsp3) is 0.250. The van der Waals surface area contributed by atoms with Gasteiger partial charge in [-0.1, -0.05) is 22.0 Å². The van der Waals surface area contributed by atoms with E-state index in [1.807, 2.05) is 48.8 Å². The Kier molecular flexibility index (Phi) is 4.90. The fourth-order valence-corrected chi connectivity index (χ4v) is 3.19. The van der Waals surface area contributed by atoms with Crippen LogP contribution in [-0.2, 0) is 0 Å². The minimum Gasteiger partial charge on any atom is -0.368 e. The van der Waals surface area contributed by atoms with Crippen LogP contribution < -0.4 is 10.2 Å². The smallest absolute Gasteiger partial charge is 0.173 e. The van der Waals surface area contributed by atoms with Gasteiger partial charge in [-0.05, 0) is 42.5 Å². The third-order valence-electron chi connectivity index (χ3n) is 3.67. The third kappa shape index (κ3) is 3.75. The lowest BCUT2D eigenvalue weighted by Crippen LogP contribution is -2.50. The molecule has 1 saturated heterocycles. The summed E-state index contributed by atoms with van der Waals surface area (Å²) < 4.78 is 1.04. The number of anilines is 2. The second-order valence-electron chi connectivity index (χ2n) is 5.12. The first-order valence-corrected chi connectivity index (χ1v) is 8.39. The van der Waals surface area contributed by atoms with Gasteiger partial charge in [0.2, 0.25) is 0 Å². The van der Waals surface area contributed by atoms with Crippen molar-refractivity contribution in [1.82, 2.24) is 9.88 Å². The molecule has 0 bridgehead atoms. The molecule has 1 aliphatic rings. The molecule has 0 unspecified atom stereocenters. The largest absolute Gasteiger partial charge is 0.368 e. The van der Waals surface area contributed by atoms with Crippen LogP contribution in [0.3, 0.4) is 0 Å². The average Bonchev–Trinajstić information content (AvgIpc) is 2.56. The zero-order valence-electron chi connectivity index (χ0n) is 12.1. The Hall–Kier alpha value is -1.66. The van der Waals surface area contributed by atoms with Crippen LogP contribution in [0.4, 0.5) is 11.4 Å². The molecule has 1 aromatic carbocycles. The first-order valence-electron chi connectivity index (χ1n) is 7.19. The van der Waals surface area contributed by atoms with E-state index in [9.17, 15) is 0 Å². The number of hydrogen-bond acceptors (Lipinski definition) is 3. The quantitative estimate of drug-likeness (QED) is 0.812. The van der Waals surface area contributed by atoms with Crippen LogP contribution in [0.1, 0.15) is 0 Å². The number of nitrogens with one attached hydrogen (secondary N) is 1. The van der Waals surface area contributed by atoms with E-state index < -0.39 is 0 Å². The molecule has 0 spiro atoms. The summed E-state index contributed by atoms with van der Waals surface area (Å²) >= 11 is 9.00. The molecular weight excluding hydrogens is 360 g/mol. The number of aromatic nitrogens is 1. The summed E-state index contributed by atoms with van der Waals surface area (Å²) in [7, 11) is 0. The van der Waals surface area contributed by atoms with Gasteiger partial charge in [0.1, 0.15) is 0 Å². The molecule has 2 heterocycles. The van der Waals surface area contributed by atoms with Gasteiger partial charge in [0.15, 0.2) is 5.11 Å². The second kappa shape index (κ2) is 7.07. The zero-order chi connectivity index (χ0) is 15.4. The number of rotatable bonds is 2. The van der Waals surface area contributed by atoms with Gasteiger partial charge in [-0.3, -0.25) is 4.98 Å². The van der Waals surface area contributed by atoms with E-state index in [2.05, 4.69) is 36.0 Å². The Morgan fingerprint density at radius 1 is 1.09 bits per heavy atom. The maximum atomic E-state index is 5.53. The Morgan fingerprint density at radius 3 is 2.50 bits per heavy atom. The van der Waals surface area contributed by atoms with Crippen LogP contribution in [0, 0.1) is 0 Å². The lowest BCUT2D eigenvalue weighted by molar-refractivity contribution is 0.391. The van der Waals surface area contributed by atoms with E-state index in [-0.39, 0.29) is 0 Å².